The number of nitrogen functional groups attached to an aromatic ring is 1. The van der Waals surface area contributed by atoms with Crippen LogP contribution >= 0.6 is 0 Å². The lowest BCUT2D eigenvalue weighted by Crippen LogP contribution is -2.18. The molecule has 0 fully saturated rings. The van der Waals surface area contributed by atoms with Gasteiger partial charge >= 0.3 is 6.18 Å². The quantitative estimate of drug-likeness (QED) is 0.638. The molecule has 2 heterocycles. The van der Waals surface area contributed by atoms with E-state index in [-0.39, 0.29) is 16.9 Å². The van der Waals surface area contributed by atoms with Gasteiger partial charge in [-0.1, -0.05) is 6.07 Å². The number of hydrogen-bond donors (Lipinski definition) is 3. The highest BCUT2D eigenvalue weighted by Crippen LogP contribution is 2.35. The smallest absolute Gasteiger partial charge is 0.365 e. The zero-order valence-electron chi connectivity index (χ0n) is 10.5. The predicted octanol–water partition coefficient (Wildman–Crippen LogP) is 1.84. The van der Waals surface area contributed by atoms with E-state index in [1.165, 1.54) is 12.3 Å². The fourth-order valence-electron chi connectivity index (χ4n) is 2.34. The Labute approximate surface area is 115 Å². The molecule has 0 atom stereocenters. The third kappa shape index (κ3) is 1.95. The van der Waals surface area contributed by atoms with Gasteiger partial charge in [0.25, 0.3) is 11.7 Å². The molecule has 0 unspecified atom stereocenters. The Kier molecular flexibility index (Phi) is 2.59. The van der Waals surface area contributed by atoms with Crippen molar-refractivity contribution in [3.05, 3.63) is 35.5 Å². The number of anilines is 1. The molecule has 1 amide bonds. The average molecular weight is 295 g/mol. The van der Waals surface area contributed by atoms with Crippen LogP contribution < -0.4 is 16.5 Å². The Morgan fingerprint density at radius 2 is 2.00 bits per heavy atom. The SMILES string of the molecule is NC(=O)c1c[nH+]c(N)c2c1[nH]c1cc(C(F)(F)F)ccc12. The molecule has 0 radical (unpaired) electrons. The van der Waals surface area contributed by atoms with Crippen LogP contribution in [-0.2, 0) is 6.18 Å². The number of carbonyl (C=O) groups excluding carboxylic acids is 1. The number of rotatable bonds is 1. The third-order valence-electron chi connectivity index (χ3n) is 3.30. The molecule has 3 aromatic rings. The molecule has 6 N–H and O–H groups in total. The summed E-state index contributed by atoms with van der Waals surface area (Å²) >= 11 is 0. The summed E-state index contributed by atoms with van der Waals surface area (Å²) in [6, 6.07) is 3.25. The average Bonchev–Trinajstić information content (AvgIpc) is 2.76. The maximum absolute atomic E-state index is 12.7. The highest BCUT2D eigenvalue weighted by molar-refractivity contribution is 6.17. The minimum Gasteiger partial charge on any atom is -0.365 e. The number of fused-ring (bicyclic) bond motifs is 3. The number of nitrogens with two attached hydrogens (primary N) is 2. The Morgan fingerprint density at radius 1 is 1.29 bits per heavy atom. The van der Waals surface area contributed by atoms with Crippen LogP contribution in [0.5, 0.6) is 0 Å². The van der Waals surface area contributed by atoms with Crippen LogP contribution in [-0.4, -0.2) is 10.9 Å². The number of aromatic nitrogens is 2. The van der Waals surface area contributed by atoms with Crippen molar-refractivity contribution in [3.8, 4) is 0 Å². The maximum Gasteiger partial charge on any atom is 0.416 e. The van der Waals surface area contributed by atoms with E-state index in [1.54, 1.807) is 0 Å². The molecular weight excluding hydrogens is 285 g/mol. The standard InChI is InChI=1S/C13H9F3N4O/c14-13(15,16)5-1-2-6-8(3-5)20-10-7(12(18)21)4-19-11(17)9(6)10/h1-4,20H,(H2,17,19)(H2,18,21)/p+1. The number of H-pyrrole nitrogens is 2. The van der Waals surface area contributed by atoms with Crippen molar-refractivity contribution in [1.82, 2.24) is 4.98 Å². The number of nitrogens with one attached hydrogen (secondary N) is 2. The summed E-state index contributed by atoms with van der Waals surface area (Å²) in [5.74, 6) is -0.472. The number of hydrogen-bond acceptors (Lipinski definition) is 2. The van der Waals surface area contributed by atoms with Gasteiger partial charge in [-0.2, -0.15) is 13.2 Å². The van der Waals surface area contributed by atoms with Crippen LogP contribution in [0, 0.1) is 0 Å². The molecule has 0 saturated heterocycles. The first-order valence-corrected chi connectivity index (χ1v) is 5.91. The first-order valence-electron chi connectivity index (χ1n) is 5.91. The second-order valence-electron chi connectivity index (χ2n) is 4.61. The van der Waals surface area contributed by atoms with Gasteiger partial charge in [-0.25, -0.2) is 4.98 Å². The van der Waals surface area contributed by atoms with Gasteiger partial charge in [0.2, 0.25) is 0 Å². The van der Waals surface area contributed by atoms with E-state index in [2.05, 4.69) is 9.97 Å². The molecule has 0 aliphatic carbocycles. The van der Waals surface area contributed by atoms with Gasteiger partial charge < -0.3 is 10.7 Å². The summed E-state index contributed by atoms with van der Waals surface area (Å²) in [5.41, 5.74) is 10.9. The first kappa shape index (κ1) is 13.2. The van der Waals surface area contributed by atoms with Crippen LogP contribution in [0.3, 0.4) is 0 Å². The Morgan fingerprint density at radius 3 is 2.62 bits per heavy atom. The first-order chi connectivity index (χ1) is 9.79. The van der Waals surface area contributed by atoms with Gasteiger partial charge in [0, 0.05) is 10.9 Å². The minimum atomic E-state index is -4.45. The second-order valence-corrected chi connectivity index (χ2v) is 4.61. The third-order valence-corrected chi connectivity index (χ3v) is 3.30. The number of amides is 1. The molecule has 21 heavy (non-hydrogen) atoms. The molecule has 108 valence electrons. The van der Waals surface area contributed by atoms with Crippen molar-refractivity contribution in [1.29, 1.82) is 0 Å². The van der Waals surface area contributed by atoms with Crippen molar-refractivity contribution in [2.24, 2.45) is 5.73 Å². The molecular formula is C13H10F3N4O+. The molecule has 2 aromatic heterocycles. The summed E-state index contributed by atoms with van der Waals surface area (Å²) in [7, 11) is 0. The molecule has 0 aliphatic heterocycles. The number of alkyl halides is 3. The molecule has 8 heteroatoms. The van der Waals surface area contributed by atoms with Crippen molar-refractivity contribution in [3.63, 3.8) is 0 Å². The number of carbonyl (C=O) groups is 1. The number of aromatic amines is 2. The zero-order chi connectivity index (χ0) is 15.4. The summed E-state index contributed by atoms with van der Waals surface area (Å²) in [4.78, 5) is 16.9. The molecule has 5 nitrogen and oxygen atoms in total. The van der Waals surface area contributed by atoms with E-state index in [9.17, 15) is 18.0 Å². The van der Waals surface area contributed by atoms with Crippen molar-refractivity contribution >= 4 is 33.5 Å². The summed E-state index contributed by atoms with van der Waals surface area (Å²) in [6.45, 7) is 0. The molecule has 0 aliphatic rings. The van der Waals surface area contributed by atoms with Gasteiger partial charge in [-0.3, -0.25) is 10.5 Å². The second kappa shape index (κ2) is 4.11. The number of halogens is 3. The lowest BCUT2D eigenvalue weighted by Gasteiger charge is -2.05. The van der Waals surface area contributed by atoms with Gasteiger partial charge in [0.15, 0.2) is 0 Å². The summed E-state index contributed by atoms with van der Waals surface area (Å²) in [6.07, 6.45) is -3.13. The summed E-state index contributed by atoms with van der Waals surface area (Å²) < 4.78 is 38.2. The van der Waals surface area contributed by atoms with Crippen LogP contribution in [0.1, 0.15) is 15.9 Å². The lowest BCUT2D eigenvalue weighted by molar-refractivity contribution is -0.358. The Bertz CT molecular complexity index is 882. The van der Waals surface area contributed by atoms with Crippen LogP contribution in [0.15, 0.2) is 24.4 Å². The zero-order valence-corrected chi connectivity index (χ0v) is 10.5. The van der Waals surface area contributed by atoms with Gasteiger partial charge in [0.1, 0.15) is 11.8 Å². The highest BCUT2D eigenvalue weighted by Gasteiger charge is 2.31. The molecule has 0 saturated carbocycles. The Hall–Kier alpha value is -2.77. The molecule has 0 spiro atoms. The largest absolute Gasteiger partial charge is 0.416 e. The molecule has 0 bridgehead atoms. The van der Waals surface area contributed by atoms with E-state index in [1.807, 2.05) is 0 Å². The molecule has 1 aromatic carbocycles. The molecule has 3 rings (SSSR count). The minimum absolute atomic E-state index is 0.129. The Balaban J connectivity index is 2.42. The topological polar surface area (TPSA) is 99.0 Å². The fraction of sp³-hybridized carbons (Fsp3) is 0.0769. The van der Waals surface area contributed by atoms with E-state index >= 15 is 0 Å². The van der Waals surface area contributed by atoms with E-state index in [0.717, 1.165) is 12.1 Å². The maximum atomic E-state index is 12.7. The monoisotopic (exact) mass is 295 g/mol. The van der Waals surface area contributed by atoms with Crippen molar-refractivity contribution in [2.45, 2.75) is 6.18 Å². The van der Waals surface area contributed by atoms with Crippen LogP contribution in [0.25, 0.3) is 21.8 Å². The highest BCUT2D eigenvalue weighted by atomic mass is 19.4. The number of primary amides is 1. The summed E-state index contributed by atoms with van der Waals surface area (Å²) in [5, 5.41) is 0.921. The van der Waals surface area contributed by atoms with E-state index in [0.29, 0.717) is 16.3 Å². The van der Waals surface area contributed by atoms with Gasteiger partial charge in [0.05, 0.1) is 16.5 Å². The fourth-order valence-corrected chi connectivity index (χ4v) is 2.34. The number of benzene rings is 1. The van der Waals surface area contributed by atoms with Crippen LogP contribution in [0.2, 0.25) is 0 Å². The van der Waals surface area contributed by atoms with Crippen molar-refractivity contribution < 1.29 is 22.9 Å². The van der Waals surface area contributed by atoms with Crippen molar-refractivity contribution in [2.75, 3.05) is 5.73 Å². The van der Waals surface area contributed by atoms with Gasteiger partial charge in [-0.15, -0.1) is 0 Å². The van der Waals surface area contributed by atoms with Gasteiger partial charge in [-0.05, 0) is 12.1 Å². The predicted molar refractivity (Wildman–Crippen MR) is 70.3 cm³/mol. The van der Waals surface area contributed by atoms with Crippen LogP contribution in [0.4, 0.5) is 19.0 Å². The van der Waals surface area contributed by atoms with E-state index < -0.39 is 17.6 Å². The lowest BCUT2D eigenvalue weighted by atomic mass is 10.1. The number of pyridine rings is 1. The van der Waals surface area contributed by atoms with E-state index in [4.69, 9.17) is 11.5 Å². The normalized spacial score (nSPS) is 12.1.